The quantitative estimate of drug-likeness (QED) is 0.810. The molecule has 0 saturated heterocycles. The maximum absolute atomic E-state index is 5.25. The van der Waals surface area contributed by atoms with Gasteiger partial charge in [0.25, 0.3) is 0 Å². The molecule has 0 aromatic carbocycles. The van der Waals surface area contributed by atoms with Gasteiger partial charge in [-0.25, -0.2) is 4.98 Å². The Hall–Kier alpha value is -1.55. The molecular formula is C13H17N3O. The minimum Gasteiger partial charge on any atom is -0.495 e. The number of nitrogens with zero attached hydrogens (tertiary/aromatic N) is 2. The highest BCUT2D eigenvalue weighted by Crippen LogP contribution is 2.27. The summed E-state index contributed by atoms with van der Waals surface area (Å²) in [4.78, 5) is 10.2. The number of fused-ring (bicyclic) bond motifs is 3. The van der Waals surface area contributed by atoms with Crippen LogP contribution in [0.15, 0.2) is 12.3 Å². The number of aromatic nitrogens is 2. The third kappa shape index (κ3) is 1.78. The lowest BCUT2D eigenvalue weighted by molar-refractivity contribution is 0.352. The molecule has 17 heavy (non-hydrogen) atoms. The van der Waals surface area contributed by atoms with Crippen LogP contribution in [0.25, 0.3) is 11.0 Å². The molecule has 2 aromatic heterocycles. The molecule has 4 nitrogen and oxygen atoms in total. The summed E-state index contributed by atoms with van der Waals surface area (Å²) in [6.45, 7) is 2.22. The molecule has 0 bridgehead atoms. The van der Waals surface area contributed by atoms with Crippen LogP contribution in [-0.4, -0.2) is 42.1 Å². The summed E-state index contributed by atoms with van der Waals surface area (Å²) in [6, 6.07) is 2.09. The van der Waals surface area contributed by atoms with Crippen LogP contribution in [0, 0.1) is 0 Å². The lowest BCUT2D eigenvalue weighted by Gasteiger charge is -2.11. The normalized spacial score (nSPS) is 16.8. The minimum absolute atomic E-state index is 0.830. The van der Waals surface area contributed by atoms with Gasteiger partial charge in [-0.15, -0.1) is 0 Å². The van der Waals surface area contributed by atoms with E-state index >= 15 is 0 Å². The second kappa shape index (κ2) is 4.04. The molecule has 1 aliphatic rings. The van der Waals surface area contributed by atoms with Crippen LogP contribution in [0.2, 0.25) is 0 Å². The van der Waals surface area contributed by atoms with Crippen molar-refractivity contribution in [3.63, 3.8) is 0 Å². The van der Waals surface area contributed by atoms with E-state index in [1.807, 2.05) is 0 Å². The summed E-state index contributed by atoms with van der Waals surface area (Å²) in [5.41, 5.74) is 3.74. The zero-order valence-corrected chi connectivity index (χ0v) is 10.3. The molecule has 2 aromatic rings. The Morgan fingerprint density at radius 1 is 1.35 bits per heavy atom. The van der Waals surface area contributed by atoms with Crippen molar-refractivity contribution < 1.29 is 4.74 Å². The van der Waals surface area contributed by atoms with Gasteiger partial charge in [-0.05, 0) is 25.1 Å². The molecule has 0 radical (unpaired) electrons. The van der Waals surface area contributed by atoms with Crippen LogP contribution < -0.4 is 4.74 Å². The minimum atomic E-state index is 0.830. The van der Waals surface area contributed by atoms with Crippen molar-refractivity contribution in [1.82, 2.24) is 14.9 Å². The maximum atomic E-state index is 5.25. The molecule has 0 amide bonds. The standard InChI is InChI=1S/C13H17N3O/c1-16-5-3-10-11-7-9(17-2)8-14-13(11)15-12(10)4-6-16/h7-8H,3-6H2,1-2H3,(H,14,15). The molecule has 0 saturated carbocycles. The number of H-pyrrole nitrogens is 1. The molecule has 4 heteroatoms. The fraction of sp³-hybridized carbons (Fsp3) is 0.462. The third-order valence-corrected chi connectivity index (χ3v) is 3.54. The molecule has 3 rings (SSSR count). The van der Waals surface area contributed by atoms with E-state index in [-0.39, 0.29) is 0 Å². The van der Waals surface area contributed by atoms with Gasteiger partial charge in [-0.3, -0.25) is 0 Å². The summed E-state index contributed by atoms with van der Waals surface area (Å²) in [5, 5.41) is 1.22. The average Bonchev–Trinajstić information content (AvgIpc) is 2.60. The smallest absolute Gasteiger partial charge is 0.138 e. The van der Waals surface area contributed by atoms with Crippen LogP contribution in [0.3, 0.4) is 0 Å². The molecule has 0 aliphatic carbocycles. The Morgan fingerprint density at radius 2 is 2.18 bits per heavy atom. The lowest BCUT2D eigenvalue weighted by atomic mass is 10.1. The van der Waals surface area contributed by atoms with Gasteiger partial charge in [0.05, 0.1) is 13.3 Å². The van der Waals surface area contributed by atoms with Gasteiger partial charge in [0.15, 0.2) is 0 Å². The van der Waals surface area contributed by atoms with Gasteiger partial charge >= 0.3 is 0 Å². The van der Waals surface area contributed by atoms with E-state index in [1.54, 1.807) is 13.3 Å². The van der Waals surface area contributed by atoms with Gasteiger partial charge in [0.1, 0.15) is 11.4 Å². The van der Waals surface area contributed by atoms with E-state index in [4.69, 9.17) is 4.74 Å². The maximum Gasteiger partial charge on any atom is 0.138 e. The average molecular weight is 231 g/mol. The summed E-state index contributed by atoms with van der Waals surface area (Å²) >= 11 is 0. The molecular weight excluding hydrogens is 214 g/mol. The number of hydrogen-bond donors (Lipinski definition) is 1. The molecule has 0 fully saturated rings. The van der Waals surface area contributed by atoms with E-state index < -0.39 is 0 Å². The Balaban J connectivity index is 2.12. The van der Waals surface area contributed by atoms with Crippen LogP contribution in [0.4, 0.5) is 0 Å². The molecule has 3 heterocycles. The summed E-state index contributed by atoms with van der Waals surface area (Å²) in [6.07, 6.45) is 3.93. The van der Waals surface area contributed by atoms with Gasteiger partial charge in [-0.1, -0.05) is 0 Å². The number of aromatic amines is 1. The summed E-state index contributed by atoms with van der Waals surface area (Å²) in [5.74, 6) is 0.830. The van der Waals surface area contributed by atoms with E-state index in [0.717, 1.165) is 37.3 Å². The molecule has 90 valence electrons. The highest BCUT2D eigenvalue weighted by atomic mass is 16.5. The highest BCUT2D eigenvalue weighted by molar-refractivity contribution is 5.82. The highest BCUT2D eigenvalue weighted by Gasteiger charge is 2.17. The van der Waals surface area contributed by atoms with Crippen LogP contribution in [-0.2, 0) is 12.8 Å². The fourth-order valence-corrected chi connectivity index (χ4v) is 2.48. The number of methoxy groups -OCH3 is 1. The predicted octanol–water partition coefficient (Wildman–Crippen LogP) is 1.60. The van der Waals surface area contributed by atoms with Crippen molar-refractivity contribution in [2.45, 2.75) is 12.8 Å². The van der Waals surface area contributed by atoms with Gasteiger partial charge < -0.3 is 14.6 Å². The number of ether oxygens (including phenoxy) is 1. The van der Waals surface area contributed by atoms with Crippen molar-refractivity contribution >= 4 is 11.0 Å². The predicted molar refractivity (Wildman–Crippen MR) is 67.6 cm³/mol. The van der Waals surface area contributed by atoms with E-state index in [2.05, 4.69) is 28.0 Å². The van der Waals surface area contributed by atoms with E-state index in [1.165, 1.54) is 16.6 Å². The largest absolute Gasteiger partial charge is 0.495 e. The SMILES string of the molecule is COc1cnc2[nH]c3c(c2c1)CCN(C)CC3. The molecule has 0 unspecified atom stereocenters. The first-order valence-electron chi connectivity index (χ1n) is 6.00. The number of rotatable bonds is 1. The topological polar surface area (TPSA) is 41.1 Å². The number of hydrogen-bond acceptors (Lipinski definition) is 3. The fourth-order valence-electron chi connectivity index (χ4n) is 2.48. The lowest BCUT2D eigenvalue weighted by Crippen LogP contribution is -2.21. The number of pyridine rings is 1. The van der Waals surface area contributed by atoms with E-state index in [9.17, 15) is 0 Å². The Bertz CT molecular complexity index is 547. The molecule has 1 N–H and O–H groups in total. The zero-order valence-electron chi connectivity index (χ0n) is 10.3. The summed E-state index contributed by atoms with van der Waals surface area (Å²) in [7, 11) is 3.86. The first-order valence-corrected chi connectivity index (χ1v) is 6.00. The van der Waals surface area contributed by atoms with Crippen molar-refractivity contribution in [1.29, 1.82) is 0 Å². The second-order valence-electron chi connectivity index (χ2n) is 4.66. The Labute approximate surface area is 101 Å². The third-order valence-electron chi connectivity index (χ3n) is 3.54. The molecule has 0 spiro atoms. The first-order chi connectivity index (χ1) is 8.28. The monoisotopic (exact) mass is 231 g/mol. The molecule has 1 aliphatic heterocycles. The zero-order chi connectivity index (χ0) is 11.8. The summed E-state index contributed by atoms with van der Waals surface area (Å²) < 4.78 is 5.25. The number of likely N-dealkylation sites (N-methyl/N-ethyl adjacent to an activating group) is 1. The second-order valence-corrected chi connectivity index (χ2v) is 4.66. The van der Waals surface area contributed by atoms with Crippen LogP contribution in [0.5, 0.6) is 5.75 Å². The van der Waals surface area contributed by atoms with Crippen LogP contribution >= 0.6 is 0 Å². The number of nitrogens with one attached hydrogen (secondary N) is 1. The molecule has 0 atom stereocenters. The van der Waals surface area contributed by atoms with Crippen LogP contribution in [0.1, 0.15) is 11.3 Å². The van der Waals surface area contributed by atoms with Gasteiger partial charge in [0.2, 0.25) is 0 Å². The Kier molecular flexibility index (Phi) is 2.52. The van der Waals surface area contributed by atoms with Crippen molar-refractivity contribution in [2.24, 2.45) is 0 Å². The Morgan fingerprint density at radius 3 is 3.00 bits per heavy atom. The van der Waals surface area contributed by atoms with Gasteiger partial charge in [0, 0.05) is 30.6 Å². The van der Waals surface area contributed by atoms with Crippen molar-refractivity contribution in [3.8, 4) is 5.75 Å². The van der Waals surface area contributed by atoms with Crippen molar-refractivity contribution in [3.05, 3.63) is 23.5 Å². The first kappa shape index (κ1) is 10.6. The van der Waals surface area contributed by atoms with E-state index in [0.29, 0.717) is 0 Å². The van der Waals surface area contributed by atoms with Crippen molar-refractivity contribution in [2.75, 3.05) is 27.2 Å². The van der Waals surface area contributed by atoms with Gasteiger partial charge in [-0.2, -0.15) is 0 Å².